The molecule has 0 fully saturated rings. The van der Waals surface area contributed by atoms with Crippen molar-refractivity contribution in [3.8, 4) is 6.19 Å². The topological polar surface area (TPSA) is 45.0 Å². The first-order valence-electron chi connectivity index (χ1n) is 3.61. The summed E-state index contributed by atoms with van der Waals surface area (Å²) in [7, 11) is 0. The predicted molar refractivity (Wildman–Crippen MR) is 39.3 cm³/mol. The van der Waals surface area contributed by atoms with Gasteiger partial charge >= 0.3 is 0 Å². The number of hydrogen-bond donors (Lipinski definition) is 1. The van der Waals surface area contributed by atoms with E-state index in [0.717, 1.165) is 19.4 Å². The Kier molecular flexibility index (Phi) is 7.63. The van der Waals surface area contributed by atoms with Crippen LogP contribution in [0.4, 0.5) is 0 Å². The van der Waals surface area contributed by atoms with Crippen LogP contribution in [0.5, 0.6) is 0 Å². The molecule has 10 heavy (non-hydrogen) atoms. The zero-order chi connectivity index (χ0) is 7.66. The average molecular weight is 142 g/mol. The maximum atomic E-state index is 8.05. The molecule has 58 valence electrons. The van der Waals surface area contributed by atoms with Crippen LogP contribution in [0, 0.1) is 11.5 Å². The molecule has 0 atom stereocenters. The van der Waals surface area contributed by atoms with E-state index in [0.29, 0.717) is 13.2 Å². The Balaban J connectivity index is 2.72. The van der Waals surface area contributed by atoms with E-state index in [-0.39, 0.29) is 0 Å². The van der Waals surface area contributed by atoms with Crippen LogP contribution in [0.15, 0.2) is 0 Å². The summed E-state index contributed by atoms with van der Waals surface area (Å²) in [6.45, 7) is 4.19. The summed E-state index contributed by atoms with van der Waals surface area (Å²) >= 11 is 0. The van der Waals surface area contributed by atoms with Crippen molar-refractivity contribution in [1.82, 2.24) is 5.32 Å². The van der Waals surface area contributed by atoms with Crippen LogP contribution in [0.3, 0.4) is 0 Å². The molecule has 0 aliphatic rings. The number of hydrogen-bond acceptors (Lipinski definition) is 3. The van der Waals surface area contributed by atoms with Gasteiger partial charge in [-0.3, -0.25) is 0 Å². The lowest BCUT2D eigenvalue weighted by atomic mass is 10.4. The molecule has 0 bridgehead atoms. The summed E-state index contributed by atoms with van der Waals surface area (Å²) in [6, 6.07) is 0. The molecule has 0 aromatic heterocycles. The van der Waals surface area contributed by atoms with E-state index in [9.17, 15) is 0 Å². The smallest absolute Gasteiger partial charge is 0.176 e. The van der Waals surface area contributed by atoms with Crippen LogP contribution >= 0.6 is 0 Å². The van der Waals surface area contributed by atoms with Gasteiger partial charge in [0.1, 0.15) is 0 Å². The van der Waals surface area contributed by atoms with E-state index < -0.39 is 0 Å². The number of unbranched alkanes of at least 4 members (excludes halogenated alkanes) is 1. The molecule has 0 aliphatic heterocycles. The highest BCUT2D eigenvalue weighted by Gasteiger charge is 1.85. The quantitative estimate of drug-likeness (QED) is 0.340. The SMILES string of the molecule is CCCCOCCNC#N. The van der Waals surface area contributed by atoms with Gasteiger partial charge in [0.05, 0.1) is 6.61 Å². The normalized spacial score (nSPS) is 8.80. The van der Waals surface area contributed by atoms with Crippen molar-refractivity contribution >= 4 is 0 Å². The van der Waals surface area contributed by atoms with Crippen LogP contribution in [0.25, 0.3) is 0 Å². The minimum atomic E-state index is 0.625. The van der Waals surface area contributed by atoms with Gasteiger partial charge in [0.25, 0.3) is 0 Å². The summed E-state index contributed by atoms with van der Waals surface area (Å²) in [5.74, 6) is 0. The standard InChI is InChI=1S/C7H14N2O/c1-2-3-5-10-6-4-9-7-8/h9H,2-6H2,1H3. The Morgan fingerprint density at radius 2 is 2.30 bits per heavy atom. The lowest BCUT2D eigenvalue weighted by Crippen LogP contribution is -2.13. The third-order valence-corrected chi connectivity index (χ3v) is 1.09. The maximum absolute atomic E-state index is 8.05. The second-order valence-electron chi connectivity index (χ2n) is 2.00. The Morgan fingerprint density at radius 3 is 2.90 bits per heavy atom. The molecular weight excluding hydrogens is 128 g/mol. The monoisotopic (exact) mass is 142 g/mol. The first-order chi connectivity index (χ1) is 4.91. The van der Waals surface area contributed by atoms with Crippen molar-refractivity contribution < 1.29 is 4.74 Å². The van der Waals surface area contributed by atoms with E-state index in [1.165, 1.54) is 0 Å². The Labute approximate surface area is 62.0 Å². The lowest BCUT2D eigenvalue weighted by molar-refractivity contribution is 0.135. The van der Waals surface area contributed by atoms with Crippen molar-refractivity contribution in [2.45, 2.75) is 19.8 Å². The van der Waals surface area contributed by atoms with Crippen molar-refractivity contribution in [3.63, 3.8) is 0 Å². The summed E-state index contributed by atoms with van der Waals surface area (Å²) in [5.41, 5.74) is 0. The van der Waals surface area contributed by atoms with Gasteiger partial charge in [0, 0.05) is 13.2 Å². The zero-order valence-electron chi connectivity index (χ0n) is 6.39. The summed E-state index contributed by atoms with van der Waals surface area (Å²) in [5, 5.41) is 10.6. The molecule has 0 aromatic carbocycles. The van der Waals surface area contributed by atoms with Gasteiger partial charge in [-0.1, -0.05) is 13.3 Å². The van der Waals surface area contributed by atoms with Crippen LogP contribution in [0.1, 0.15) is 19.8 Å². The number of nitrogens with zero attached hydrogens (tertiary/aromatic N) is 1. The number of rotatable bonds is 6. The maximum Gasteiger partial charge on any atom is 0.176 e. The van der Waals surface area contributed by atoms with Gasteiger partial charge in [-0.2, -0.15) is 5.26 Å². The van der Waals surface area contributed by atoms with E-state index >= 15 is 0 Å². The zero-order valence-corrected chi connectivity index (χ0v) is 6.39. The fourth-order valence-electron chi connectivity index (χ4n) is 0.528. The number of nitriles is 1. The van der Waals surface area contributed by atoms with E-state index in [1.807, 2.05) is 6.19 Å². The fraction of sp³-hybridized carbons (Fsp3) is 0.857. The third-order valence-electron chi connectivity index (χ3n) is 1.09. The van der Waals surface area contributed by atoms with Gasteiger partial charge in [-0.15, -0.1) is 0 Å². The molecule has 0 aromatic rings. The van der Waals surface area contributed by atoms with E-state index in [2.05, 4.69) is 12.2 Å². The molecule has 0 spiro atoms. The summed E-state index contributed by atoms with van der Waals surface area (Å²) in [4.78, 5) is 0. The molecular formula is C7H14N2O. The first kappa shape index (κ1) is 9.25. The van der Waals surface area contributed by atoms with Crippen molar-refractivity contribution in [2.24, 2.45) is 0 Å². The number of ether oxygens (including phenoxy) is 1. The van der Waals surface area contributed by atoms with Gasteiger partial charge < -0.3 is 10.1 Å². The largest absolute Gasteiger partial charge is 0.380 e. The molecule has 0 rings (SSSR count). The van der Waals surface area contributed by atoms with Gasteiger partial charge in [-0.05, 0) is 6.42 Å². The molecule has 0 heterocycles. The van der Waals surface area contributed by atoms with Crippen LogP contribution in [-0.2, 0) is 4.74 Å². The van der Waals surface area contributed by atoms with Gasteiger partial charge in [-0.25, -0.2) is 0 Å². The third kappa shape index (κ3) is 7.25. The van der Waals surface area contributed by atoms with Gasteiger partial charge in [0.15, 0.2) is 6.19 Å². The lowest BCUT2D eigenvalue weighted by Gasteiger charge is -2.00. The molecule has 1 N–H and O–H groups in total. The Morgan fingerprint density at radius 1 is 1.50 bits per heavy atom. The molecule has 0 saturated carbocycles. The van der Waals surface area contributed by atoms with Crippen LogP contribution in [0.2, 0.25) is 0 Å². The highest BCUT2D eigenvalue weighted by Crippen LogP contribution is 1.86. The highest BCUT2D eigenvalue weighted by molar-refractivity contribution is 4.62. The molecule has 0 aliphatic carbocycles. The molecule has 0 radical (unpaired) electrons. The Bertz CT molecular complexity index is 98.3. The minimum absolute atomic E-state index is 0.625. The number of nitrogens with one attached hydrogen (secondary N) is 1. The van der Waals surface area contributed by atoms with Crippen molar-refractivity contribution in [2.75, 3.05) is 19.8 Å². The fourth-order valence-corrected chi connectivity index (χ4v) is 0.528. The second kappa shape index (κ2) is 8.25. The molecule has 0 saturated heterocycles. The van der Waals surface area contributed by atoms with Gasteiger partial charge in [0.2, 0.25) is 0 Å². The Hall–Kier alpha value is -0.750. The molecule has 0 unspecified atom stereocenters. The van der Waals surface area contributed by atoms with Crippen LogP contribution in [-0.4, -0.2) is 19.8 Å². The average Bonchev–Trinajstić information content (AvgIpc) is 1.97. The highest BCUT2D eigenvalue weighted by atomic mass is 16.5. The summed E-state index contributed by atoms with van der Waals surface area (Å²) in [6.07, 6.45) is 4.09. The predicted octanol–water partition coefficient (Wildman–Crippen LogP) is 0.874. The molecule has 3 nitrogen and oxygen atoms in total. The van der Waals surface area contributed by atoms with Crippen molar-refractivity contribution in [1.29, 1.82) is 5.26 Å². The molecule has 0 amide bonds. The second-order valence-corrected chi connectivity index (χ2v) is 2.00. The van der Waals surface area contributed by atoms with E-state index in [1.54, 1.807) is 0 Å². The van der Waals surface area contributed by atoms with Crippen LogP contribution < -0.4 is 5.32 Å². The first-order valence-corrected chi connectivity index (χ1v) is 3.61. The van der Waals surface area contributed by atoms with Crippen molar-refractivity contribution in [3.05, 3.63) is 0 Å². The minimum Gasteiger partial charge on any atom is -0.380 e. The molecule has 3 heteroatoms. The summed E-state index contributed by atoms with van der Waals surface area (Å²) < 4.78 is 5.16. The van der Waals surface area contributed by atoms with E-state index in [4.69, 9.17) is 10.00 Å².